The van der Waals surface area contributed by atoms with Crippen LogP contribution in [0.25, 0.3) is 5.57 Å². The Kier molecular flexibility index (Phi) is 4.63. The molecule has 1 saturated heterocycles. The highest BCUT2D eigenvalue weighted by Gasteiger charge is 2.33. The summed E-state index contributed by atoms with van der Waals surface area (Å²) in [5, 5.41) is 0. The van der Waals surface area contributed by atoms with Crippen LogP contribution in [-0.4, -0.2) is 29.9 Å². The number of benzene rings is 2. The van der Waals surface area contributed by atoms with Crippen LogP contribution in [-0.2, 0) is 4.79 Å². The van der Waals surface area contributed by atoms with Crippen LogP contribution in [0, 0.1) is 0 Å². The first-order valence-electron chi connectivity index (χ1n) is 8.90. The van der Waals surface area contributed by atoms with E-state index in [1.54, 1.807) is 0 Å². The van der Waals surface area contributed by atoms with E-state index in [0.717, 1.165) is 19.4 Å². The van der Waals surface area contributed by atoms with E-state index in [4.69, 9.17) is 0 Å². The fourth-order valence-electron chi connectivity index (χ4n) is 3.63. The van der Waals surface area contributed by atoms with Crippen molar-refractivity contribution in [2.45, 2.75) is 24.9 Å². The third kappa shape index (κ3) is 3.50. The molecule has 2 aromatic carbocycles. The van der Waals surface area contributed by atoms with Gasteiger partial charge in [-0.25, -0.2) is 10.9 Å². The van der Waals surface area contributed by atoms with Gasteiger partial charge in [0.05, 0.1) is 0 Å². The molecule has 0 aliphatic carbocycles. The minimum Gasteiger partial charge on any atom is -0.337 e. The van der Waals surface area contributed by atoms with Gasteiger partial charge in [-0.2, -0.15) is 0 Å². The third-order valence-electron chi connectivity index (χ3n) is 5.07. The summed E-state index contributed by atoms with van der Waals surface area (Å²) in [6.45, 7) is 1.48. The molecule has 1 amide bonds. The lowest BCUT2D eigenvalue weighted by Crippen LogP contribution is -2.46. The molecule has 0 spiro atoms. The quantitative estimate of drug-likeness (QED) is 0.908. The smallest absolute Gasteiger partial charge is 0.241 e. The molecule has 2 N–H and O–H groups in total. The van der Waals surface area contributed by atoms with Gasteiger partial charge in [0.1, 0.15) is 6.04 Å². The topological polar surface area (TPSA) is 44.4 Å². The summed E-state index contributed by atoms with van der Waals surface area (Å²) in [5.41, 5.74) is 10.3. The fourth-order valence-corrected chi connectivity index (χ4v) is 3.63. The van der Waals surface area contributed by atoms with Crippen LogP contribution >= 0.6 is 0 Å². The Bertz CT molecular complexity index is 757. The molecule has 4 rings (SSSR count). The first kappa shape index (κ1) is 16.1. The zero-order valence-corrected chi connectivity index (χ0v) is 14.2. The molecule has 4 heteroatoms. The van der Waals surface area contributed by atoms with Crippen LogP contribution in [0.3, 0.4) is 0 Å². The Morgan fingerprint density at radius 2 is 1.68 bits per heavy atom. The summed E-state index contributed by atoms with van der Waals surface area (Å²) in [5.74, 6) is 0.189. The van der Waals surface area contributed by atoms with E-state index in [2.05, 4.69) is 53.3 Å². The minimum atomic E-state index is -0.156. The van der Waals surface area contributed by atoms with Gasteiger partial charge in [-0.05, 0) is 29.5 Å². The van der Waals surface area contributed by atoms with Crippen molar-refractivity contribution in [3.05, 3.63) is 77.9 Å². The van der Waals surface area contributed by atoms with E-state index in [9.17, 15) is 4.79 Å². The van der Waals surface area contributed by atoms with Gasteiger partial charge in [-0.1, -0.05) is 66.7 Å². The van der Waals surface area contributed by atoms with Gasteiger partial charge in [0.15, 0.2) is 0 Å². The number of carbonyl (C=O) groups excluding carboxylic acids is 1. The summed E-state index contributed by atoms with van der Waals surface area (Å²) < 4.78 is 0. The molecule has 2 heterocycles. The number of hydrazine groups is 1. The molecule has 25 heavy (non-hydrogen) atoms. The number of hydrogen-bond acceptors (Lipinski definition) is 3. The first-order chi connectivity index (χ1) is 12.3. The molecule has 0 bridgehead atoms. The van der Waals surface area contributed by atoms with Crippen LogP contribution < -0.4 is 10.9 Å². The van der Waals surface area contributed by atoms with Gasteiger partial charge in [0, 0.05) is 19.1 Å². The highest BCUT2D eigenvalue weighted by molar-refractivity contribution is 5.83. The van der Waals surface area contributed by atoms with E-state index < -0.39 is 0 Å². The van der Waals surface area contributed by atoms with Gasteiger partial charge in [0.25, 0.3) is 0 Å². The molecule has 2 atom stereocenters. The summed E-state index contributed by atoms with van der Waals surface area (Å²) in [6.07, 6.45) is 3.89. The Morgan fingerprint density at radius 3 is 2.36 bits per heavy atom. The minimum absolute atomic E-state index is 0.156. The maximum absolute atomic E-state index is 12.8. The normalized spacial score (nSPS) is 23.4. The number of nitrogens with zero attached hydrogens (tertiary/aromatic N) is 1. The molecule has 0 aromatic heterocycles. The van der Waals surface area contributed by atoms with Crippen molar-refractivity contribution in [3.8, 4) is 0 Å². The van der Waals surface area contributed by atoms with Crippen molar-refractivity contribution in [3.63, 3.8) is 0 Å². The maximum Gasteiger partial charge on any atom is 0.241 e. The van der Waals surface area contributed by atoms with Gasteiger partial charge < -0.3 is 4.90 Å². The molecular formula is C21H23N3O. The predicted molar refractivity (Wildman–Crippen MR) is 99.5 cm³/mol. The molecule has 0 saturated carbocycles. The van der Waals surface area contributed by atoms with Crippen molar-refractivity contribution in [1.29, 1.82) is 0 Å². The molecule has 2 aliphatic heterocycles. The Labute approximate surface area is 148 Å². The molecule has 4 nitrogen and oxygen atoms in total. The van der Waals surface area contributed by atoms with Crippen molar-refractivity contribution < 1.29 is 4.79 Å². The third-order valence-corrected chi connectivity index (χ3v) is 5.07. The van der Waals surface area contributed by atoms with Crippen molar-refractivity contribution in [2.75, 3.05) is 13.1 Å². The fraction of sp³-hybridized carbons (Fsp3) is 0.286. The second-order valence-corrected chi connectivity index (χ2v) is 6.67. The molecule has 2 aromatic rings. The maximum atomic E-state index is 12.8. The number of hydrogen-bond donors (Lipinski definition) is 2. The molecule has 128 valence electrons. The van der Waals surface area contributed by atoms with Crippen LogP contribution in [0.1, 0.15) is 30.0 Å². The Morgan fingerprint density at radius 1 is 0.960 bits per heavy atom. The summed E-state index contributed by atoms with van der Waals surface area (Å²) >= 11 is 0. The summed E-state index contributed by atoms with van der Waals surface area (Å²) in [4.78, 5) is 14.8. The largest absolute Gasteiger partial charge is 0.337 e. The summed E-state index contributed by atoms with van der Waals surface area (Å²) in [7, 11) is 0. The molecule has 2 aliphatic rings. The number of carbonyl (C=O) groups is 1. The monoisotopic (exact) mass is 333 g/mol. The van der Waals surface area contributed by atoms with E-state index >= 15 is 0 Å². The van der Waals surface area contributed by atoms with Crippen LogP contribution in [0.4, 0.5) is 0 Å². The molecule has 0 radical (unpaired) electrons. The van der Waals surface area contributed by atoms with Crippen molar-refractivity contribution >= 4 is 11.5 Å². The van der Waals surface area contributed by atoms with Crippen LogP contribution in [0.15, 0.2) is 66.7 Å². The average Bonchev–Trinajstić information content (AvgIpc) is 3.19. The standard InChI is InChI=1S/C21H23N3O/c25-21(20-15-19(22-23-20)18-9-5-2-6-10-18)24-13-11-17(12-14-24)16-7-3-1-4-8-16/h1-11,19-20,22-23H,12-15H2. The van der Waals surface area contributed by atoms with Crippen LogP contribution in [0.2, 0.25) is 0 Å². The SMILES string of the molecule is O=C(C1CC(c2ccccc2)NN1)N1CC=C(c2ccccc2)CC1. The van der Waals surface area contributed by atoms with Gasteiger partial charge in [0.2, 0.25) is 5.91 Å². The lowest BCUT2D eigenvalue weighted by Gasteiger charge is -2.28. The predicted octanol–water partition coefficient (Wildman–Crippen LogP) is 2.91. The lowest BCUT2D eigenvalue weighted by molar-refractivity contribution is -0.132. The average molecular weight is 333 g/mol. The van der Waals surface area contributed by atoms with E-state index in [1.165, 1.54) is 16.7 Å². The second-order valence-electron chi connectivity index (χ2n) is 6.67. The Hall–Kier alpha value is -2.43. The highest BCUT2D eigenvalue weighted by Crippen LogP contribution is 2.25. The van der Waals surface area contributed by atoms with E-state index in [0.29, 0.717) is 6.54 Å². The number of amides is 1. The first-order valence-corrected chi connectivity index (χ1v) is 8.90. The van der Waals surface area contributed by atoms with Crippen molar-refractivity contribution in [1.82, 2.24) is 15.8 Å². The summed E-state index contributed by atoms with van der Waals surface area (Å²) in [6, 6.07) is 20.7. The van der Waals surface area contributed by atoms with Crippen LogP contribution in [0.5, 0.6) is 0 Å². The molecule has 1 fully saturated rings. The Balaban J connectivity index is 1.37. The lowest BCUT2D eigenvalue weighted by atomic mass is 9.98. The highest BCUT2D eigenvalue weighted by atomic mass is 16.2. The van der Waals surface area contributed by atoms with Gasteiger partial charge in [-0.3, -0.25) is 4.79 Å². The van der Waals surface area contributed by atoms with E-state index in [1.807, 2.05) is 29.2 Å². The molecule has 2 unspecified atom stereocenters. The zero-order chi connectivity index (χ0) is 17.1. The van der Waals surface area contributed by atoms with Crippen molar-refractivity contribution in [2.24, 2.45) is 0 Å². The number of rotatable bonds is 3. The molecular weight excluding hydrogens is 310 g/mol. The van der Waals surface area contributed by atoms with Gasteiger partial charge >= 0.3 is 0 Å². The van der Waals surface area contributed by atoms with Gasteiger partial charge in [-0.15, -0.1) is 0 Å². The van der Waals surface area contributed by atoms with E-state index in [-0.39, 0.29) is 18.0 Å². The number of nitrogens with one attached hydrogen (secondary N) is 2. The second kappa shape index (κ2) is 7.21. The zero-order valence-electron chi connectivity index (χ0n) is 14.2.